The molecule has 0 aliphatic rings. The van der Waals surface area contributed by atoms with Crippen molar-refractivity contribution in [2.75, 3.05) is 11.1 Å². The zero-order valence-electron chi connectivity index (χ0n) is 11.0. The SMILES string of the molecule is Cc1cc(Nc2cc(C(=O)O)cc(C(=O)O)c2)nc(N)n1. The summed E-state index contributed by atoms with van der Waals surface area (Å²) in [5.74, 6) is -2.04. The predicted molar refractivity (Wildman–Crippen MR) is 74.8 cm³/mol. The molecule has 8 heteroatoms. The molecule has 5 N–H and O–H groups in total. The van der Waals surface area contributed by atoms with Crippen molar-refractivity contribution in [2.45, 2.75) is 6.92 Å². The molecule has 0 unspecified atom stereocenters. The van der Waals surface area contributed by atoms with Crippen LogP contribution in [0.4, 0.5) is 17.5 Å². The number of carbonyl (C=O) groups is 2. The van der Waals surface area contributed by atoms with Crippen LogP contribution < -0.4 is 11.1 Å². The summed E-state index contributed by atoms with van der Waals surface area (Å²) in [6.45, 7) is 1.72. The van der Waals surface area contributed by atoms with Crippen molar-refractivity contribution >= 4 is 29.4 Å². The van der Waals surface area contributed by atoms with Gasteiger partial charge < -0.3 is 21.3 Å². The number of nitrogens with one attached hydrogen (secondary N) is 1. The van der Waals surface area contributed by atoms with E-state index in [4.69, 9.17) is 15.9 Å². The Morgan fingerprint density at radius 2 is 1.62 bits per heavy atom. The number of nitrogen functional groups attached to an aromatic ring is 1. The molecular weight excluding hydrogens is 276 g/mol. The van der Waals surface area contributed by atoms with E-state index in [2.05, 4.69) is 15.3 Å². The predicted octanol–water partition coefficient (Wildman–Crippen LogP) is 1.51. The lowest BCUT2D eigenvalue weighted by Crippen LogP contribution is -2.06. The van der Waals surface area contributed by atoms with Gasteiger partial charge in [-0.15, -0.1) is 0 Å². The minimum Gasteiger partial charge on any atom is -0.478 e. The van der Waals surface area contributed by atoms with Crippen LogP contribution in [0.1, 0.15) is 26.4 Å². The van der Waals surface area contributed by atoms with Crippen LogP contribution >= 0.6 is 0 Å². The second-order valence-electron chi connectivity index (χ2n) is 4.29. The molecule has 108 valence electrons. The van der Waals surface area contributed by atoms with E-state index in [-0.39, 0.29) is 22.8 Å². The Kier molecular flexibility index (Phi) is 3.70. The first-order valence-corrected chi connectivity index (χ1v) is 5.85. The fraction of sp³-hybridized carbons (Fsp3) is 0.0769. The molecule has 0 saturated heterocycles. The molecule has 0 aliphatic carbocycles. The van der Waals surface area contributed by atoms with Crippen LogP contribution in [0.3, 0.4) is 0 Å². The maximum atomic E-state index is 11.0. The van der Waals surface area contributed by atoms with Gasteiger partial charge in [-0.05, 0) is 25.1 Å². The summed E-state index contributed by atoms with van der Waals surface area (Å²) in [6, 6.07) is 5.30. The van der Waals surface area contributed by atoms with E-state index in [1.54, 1.807) is 13.0 Å². The van der Waals surface area contributed by atoms with Gasteiger partial charge in [0.1, 0.15) is 5.82 Å². The number of nitrogens with zero attached hydrogens (tertiary/aromatic N) is 2. The summed E-state index contributed by atoms with van der Waals surface area (Å²) in [5, 5.41) is 20.8. The van der Waals surface area contributed by atoms with Gasteiger partial charge in [-0.2, -0.15) is 4.98 Å². The number of nitrogens with two attached hydrogens (primary N) is 1. The molecule has 0 aliphatic heterocycles. The van der Waals surface area contributed by atoms with Crippen molar-refractivity contribution in [2.24, 2.45) is 0 Å². The molecule has 0 fully saturated rings. The molecule has 0 amide bonds. The lowest BCUT2D eigenvalue weighted by Gasteiger charge is -2.09. The zero-order chi connectivity index (χ0) is 15.6. The third-order valence-corrected chi connectivity index (χ3v) is 2.57. The fourth-order valence-electron chi connectivity index (χ4n) is 1.75. The summed E-state index contributed by atoms with van der Waals surface area (Å²) < 4.78 is 0. The molecule has 0 bridgehead atoms. The third-order valence-electron chi connectivity index (χ3n) is 2.57. The second-order valence-corrected chi connectivity index (χ2v) is 4.29. The standard InChI is InChI=1S/C13H12N4O4/c1-6-2-10(17-13(14)15-6)16-9-4-7(11(18)19)3-8(5-9)12(20)21/h2-5H,1H3,(H,18,19)(H,20,21)(H3,14,15,16,17). The number of anilines is 3. The van der Waals surface area contributed by atoms with Crippen LogP contribution in [0.25, 0.3) is 0 Å². The maximum absolute atomic E-state index is 11.0. The average Bonchev–Trinajstić information content (AvgIpc) is 2.36. The topological polar surface area (TPSA) is 138 Å². The average molecular weight is 288 g/mol. The first-order valence-electron chi connectivity index (χ1n) is 5.85. The molecule has 0 radical (unpaired) electrons. The minimum atomic E-state index is -1.22. The largest absolute Gasteiger partial charge is 0.478 e. The van der Waals surface area contributed by atoms with E-state index in [0.29, 0.717) is 11.5 Å². The molecule has 0 saturated carbocycles. The van der Waals surface area contributed by atoms with E-state index < -0.39 is 11.9 Å². The van der Waals surface area contributed by atoms with Crippen molar-refractivity contribution in [3.05, 3.63) is 41.1 Å². The molecule has 2 aromatic rings. The van der Waals surface area contributed by atoms with Crippen LogP contribution in [0.15, 0.2) is 24.3 Å². The van der Waals surface area contributed by atoms with E-state index in [0.717, 1.165) is 6.07 Å². The van der Waals surface area contributed by atoms with Gasteiger partial charge in [0.2, 0.25) is 5.95 Å². The first kappa shape index (κ1) is 14.3. The summed E-state index contributed by atoms with van der Waals surface area (Å²) in [6.07, 6.45) is 0. The van der Waals surface area contributed by atoms with Crippen LogP contribution in [-0.2, 0) is 0 Å². The second kappa shape index (κ2) is 5.45. The number of hydrogen-bond acceptors (Lipinski definition) is 6. The number of aromatic nitrogens is 2. The van der Waals surface area contributed by atoms with Gasteiger partial charge in [-0.1, -0.05) is 0 Å². The van der Waals surface area contributed by atoms with Crippen LogP contribution in [0, 0.1) is 6.92 Å². The number of rotatable bonds is 4. The number of aromatic carboxylic acids is 2. The van der Waals surface area contributed by atoms with Crippen molar-refractivity contribution in [3.8, 4) is 0 Å². The third kappa shape index (κ3) is 3.44. The van der Waals surface area contributed by atoms with E-state index in [9.17, 15) is 9.59 Å². The van der Waals surface area contributed by atoms with Crippen molar-refractivity contribution in [1.29, 1.82) is 0 Å². The highest BCUT2D eigenvalue weighted by atomic mass is 16.4. The van der Waals surface area contributed by atoms with Gasteiger partial charge >= 0.3 is 11.9 Å². The van der Waals surface area contributed by atoms with Gasteiger partial charge in [-0.25, -0.2) is 14.6 Å². The van der Waals surface area contributed by atoms with E-state index in [1.807, 2.05) is 0 Å². The Labute approximate surface area is 119 Å². The maximum Gasteiger partial charge on any atom is 0.335 e. The Morgan fingerprint density at radius 1 is 1.05 bits per heavy atom. The molecule has 1 heterocycles. The van der Waals surface area contributed by atoms with Crippen molar-refractivity contribution in [1.82, 2.24) is 9.97 Å². The van der Waals surface area contributed by atoms with Gasteiger partial charge in [0, 0.05) is 17.4 Å². The zero-order valence-corrected chi connectivity index (χ0v) is 11.0. The van der Waals surface area contributed by atoms with Crippen LogP contribution in [-0.4, -0.2) is 32.1 Å². The first-order chi connectivity index (χ1) is 9.85. The molecule has 0 atom stereocenters. The summed E-state index contributed by atoms with van der Waals surface area (Å²) >= 11 is 0. The highest BCUT2D eigenvalue weighted by Crippen LogP contribution is 2.20. The Balaban J connectivity index is 2.43. The van der Waals surface area contributed by atoms with Crippen molar-refractivity contribution < 1.29 is 19.8 Å². The summed E-state index contributed by atoms with van der Waals surface area (Å²) in [5.41, 5.74) is 6.14. The van der Waals surface area contributed by atoms with Gasteiger partial charge in [-0.3, -0.25) is 0 Å². The lowest BCUT2D eigenvalue weighted by molar-refractivity contribution is 0.0696. The number of benzene rings is 1. The number of carboxylic acids is 2. The molecular formula is C13H12N4O4. The molecule has 2 rings (SSSR count). The highest BCUT2D eigenvalue weighted by molar-refractivity contribution is 5.95. The highest BCUT2D eigenvalue weighted by Gasteiger charge is 2.12. The molecule has 1 aromatic heterocycles. The lowest BCUT2D eigenvalue weighted by atomic mass is 10.1. The van der Waals surface area contributed by atoms with Crippen LogP contribution in [0.2, 0.25) is 0 Å². The Morgan fingerprint density at radius 3 is 2.10 bits per heavy atom. The molecule has 21 heavy (non-hydrogen) atoms. The smallest absolute Gasteiger partial charge is 0.335 e. The fourth-order valence-corrected chi connectivity index (χ4v) is 1.75. The number of carboxylic acid groups (broad SMARTS) is 2. The summed E-state index contributed by atoms with van der Waals surface area (Å²) in [7, 11) is 0. The van der Waals surface area contributed by atoms with Crippen LogP contribution in [0.5, 0.6) is 0 Å². The monoisotopic (exact) mass is 288 g/mol. The van der Waals surface area contributed by atoms with E-state index >= 15 is 0 Å². The Bertz CT molecular complexity index is 678. The normalized spacial score (nSPS) is 10.1. The molecule has 1 aromatic carbocycles. The van der Waals surface area contributed by atoms with Gasteiger partial charge in [0.15, 0.2) is 0 Å². The minimum absolute atomic E-state index is 0.0605. The van der Waals surface area contributed by atoms with E-state index in [1.165, 1.54) is 12.1 Å². The Hall–Kier alpha value is -3.16. The molecule has 0 spiro atoms. The van der Waals surface area contributed by atoms with Crippen molar-refractivity contribution in [3.63, 3.8) is 0 Å². The number of aryl methyl sites for hydroxylation is 1. The number of hydrogen-bond donors (Lipinski definition) is 4. The van der Waals surface area contributed by atoms with Gasteiger partial charge in [0.05, 0.1) is 11.1 Å². The quantitative estimate of drug-likeness (QED) is 0.664. The molecule has 8 nitrogen and oxygen atoms in total. The van der Waals surface area contributed by atoms with Gasteiger partial charge in [0.25, 0.3) is 0 Å². The summed E-state index contributed by atoms with van der Waals surface area (Å²) in [4.78, 5) is 29.9.